The quantitative estimate of drug-likeness (QED) is 0.432. The lowest BCUT2D eigenvalue weighted by molar-refractivity contribution is -0.129. The maximum Gasteiger partial charge on any atom is 0.241 e. The van der Waals surface area contributed by atoms with Crippen molar-refractivity contribution in [3.8, 4) is 0 Å². The standard InChI is InChI=1S/C24H35N5OS/c1-7-25-23-21(8-9-26-23)17(4)10-19-11-20-14-29(15-24(20,6)12-19)22(30)13-27-18(5)31-28-16(2)3/h7-9,19-20,27H,1,5,10-15H2,2-4,6H3,(H,25,26)/b21-17+/t19-,20?,24-/m0/s1. The first-order valence-electron chi connectivity index (χ1n) is 10.9. The largest absolute Gasteiger partial charge is 0.370 e. The van der Waals surface area contributed by atoms with E-state index >= 15 is 0 Å². The summed E-state index contributed by atoms with van der Waals surface area (Å²) in [6.45, 7) is 18.1. The monoisotopic (exact) mass is 441 g/mol. The lowest BCUT2D eigenvalue weighted by atomic mass is 9.82. The molecule has 2 aliphatic heterocycles. The number of amides is 1. The number of hydrogen-bond donors (Lipinski definition) is 2. The zero-order valence-electron chi connectivity index (χ0n) is 19.2. The molecule has 3 aliphatic rings. The summed E-state index contributed by atoms with van der Waals surface area (Å²) >= 11 is 1.29. The van der Waals surface area contributed by atoms with Gasteiger partial charge in [-0.2, -0.15) is 0 Å². The Kier molecular flexibility index (Phi) is 7.46. The summed E-state index contributed by atoms with van der Waals surface area (Å²) in [6.07, 6.45) is 9.01. The number of fused-ring (bicyclic) bond motifs is 1. The number of aliphatic imine (C=N–C) groups is 1. The van der Waals surface area contributed by atoms with Gasteiger partial charge in [0.1, 0.15) is 5.84 Å². The van der Waals surface area contributed by atoms with Crippen molar-refractivity contribution in [2.24, 2.45) is 26.6 Å². The van der Waals surface area contributed by atoms with Crippen molar-refractivity contribution in [1.82, 2.24) is 15.5 Å². The van der Waals surface area contributed by atoms with Gasteiger partial charge >= 0.3 is 0 Å². The number of carbonyl (C=O) groups is 1. The van der Waals surface area contributed by atoms with E-state index in [1.54, 1.807) is 6.20 Å². The molecule has 3 rings (SSSR count). The Labute approximate surface area is 190 Å². The molecule has 2 fully saturated rings. The molecule has 3 atom stereocenters. The highest BCUT2D eigenvalue weighted by Crippen LogP contribution is 2.52. The number of rotatable bonds is 8. The summed E-state index contributed by atoms with van der Waals surface area (Å²) in [7, 11) is 0. The van der Waals surface area contributed by atoms with Crippen molar-refractivity contribution in [1.29, 1.82) is 0 Å². The Morgan fingerprint density at radius 2 is 2.23 bits per heavy atom. The molecule has 0 bridgehead atoms. The second-order valence-electron chi connectivity index (χ2n) is 9.38. The summed E-state index contributed by atoms with van der Waals surface area (Å²) in [6, 6.07) is 0. The second-order valence-corrected chi connectivity index (χ2v) is 10.2. The normalized spacial score (nSPS) is 28.1. The van der Waals surface area contributed by atoms with Crippen molar-refractivity contribution < 1.29 is 4.79 Å². The number of carbonyl (C=O) groups excluding carboxylic acids is 1. The third-order valence-electron chi connectivity index (χ3n) is 6.47. The van der Waals surface area contributed by atoms with Crippen molar-refractivity contribution in [2.75, 3.05) is 19.6 Å². The van der Waals surface area contributed by atoms with Gasteiger partial charge in [-0.25, -0.2) is 9.39 Å². The van der Waals surface area contributed by atoms with Gasteiger partial charge in [0.05, 0.1) is 11.6 Å². The van der Waals surface area contributed by atoms with Crippen LogP contribution in [0.2, 0.25) is 0 Å². The fourth-order valence-electron chi connectivity index (χ4n) is 5.10. The van der Waals surface area contributed by atoms with Gasteiger partial charge in [0.2, 0.25) is 5.91 Å². The van der Waals surface area contributed by atoms with Crippen LogP contribution in [0, 0.1) is 17.3 Å². The predicted molar refractivity (Wildman–Crippen MR) is 132 cm³/mol. The molecule has 1 saturated carbocycles. The van der Waals surface area contributed by atoms with Gasteiger partial charge < -0.3 is 15.5 Å². The Balaban J connectivity index is 1.51. The van der Waals surface area contributed by atoms with Crippen molar-refractivity contribution in [2.45, 2.75) is 47.0 Å². The van der Waals surface area contributed by atoms with E-state index in [0.29, 0.717) is 16.9 Å². The first-order valence-corrected chi connectivity index (χ1v) is 11.7. The zero-order valence-corrected chi connectivity index (χ0v) is 20.0. The fraction of sp³-hybridized carbons (Fsp3) is 0.542. The first-order chi connectivity index (χ1) is 14.7. The molecule has 1 amide bonds. The van der Waals surface area contributed by atoms with Crippen molar-refractivity contribution >= 4 is 29.4 Å². The van der Waals surface area contributed by atoms with E-state index in [1.807, 2.05) is 24.9 Å². The van der Waals surface area contributed by atoms with Gasteiger partial charge in [0.15, 0.2) is 0 Å². The molecule has 1 unspecified atom stereocenters. The molecule has 0 aromatic heterocycles. The third-order valence-corrected chi connectivity index (χ3v) is 7.29. The highest BCUT2D eigenvalue weighted by atomic mass is 32.2. The molecule has 7 heteroatoms. The molecule has 6 nitrogen and oxygen atoms in total. The van der Waals surface area contributed by atoms with Crippen LogP contribution in [-0.2, 0) is 4.79 Å². The summed E-state index contributed by atoms with van der Waals surface area (Å²) < 4.78 is 4.26. The van der Waals surface area contributed by atoms with Gasteiger partial charge in [-0.05, 0) is 69.6 Å². The maximum absolute atomic E-state index is 12.7. The highest BCUT2D eigenvalue weighted by Gasteiger charge is 2.50. The Bertz CT molecular complexity index is 867. The molecule has 168 valence electrons. The van der Waals surface area contributed by atoms with Crippen LogP contribution in [-0.4, -0.2) is 42.0 Å². The number of hydrogen-bond acceptors (Lipinski definition) is 6. The van der Waals surface area contributed by atoms with Gasteiger partial charge in [0, 0.05) is 42.5 Å². The average Bonchev–Trinajstić information content (AvgIpc) is 3.36. The molecular weight excluding hydrogens is 406 g/mol. The number of allylic oxidation sites excluding steroid dienone is 1. The third kappa shape index (κ3) is 5.70. The van der Waals surface area contributed by atoms with E-state index < -0.39 is 0 Å². The van der Waals surface area contributed by atoms with Crippen LogP contribution in [0.25, 0.3) is 0 Å². The predicted octanol–water partition coefficient (Wildman–Crippen LogP) is 4.42. The van der Waals surface area contributed by atoms with Crippen LogP contribution in [0.3, 0.4) is 0 Å². The van der Waals surface area contributed by atoms with E-state index in [-0.39, 0.29) is 17.9 Å². The summed E-state index contributed by atoms with van der Waals surface area (Å²) in [5, 5.41) is 6.94. The van der Waals surface area contributed by atoms with E-state index in [4.69, 9.17) is 0 Å². The van der Waals surface area contributed by atoms with Crippen molar-refractivity contribution in [3.05, 3.63) is 47.8 Å². The average molecular weight is 442 g/mol. The topological polar surface area (TPSA) is 69.1 Å². The van der Waals surface area contributed by atoms with Crippen LogP contribution in [0.5, 0.6) is 0 Å². The van der Waals surface area contributed by atoms with Gasteiger partial charge in [-0.3, -0.25) is 4.79 Å². The zero-order chi connectivity index (χ0) is 22.6. The van der Waals surface area contributed by atoms with E-state index in [1.165, 1.54) is 29.5 Å². The lowest BCUT2D eigenvalue weighted by Gasteiger charge is -2.25. The fourth-order valence-corrected chi connectivity index (χ4v) is 5.53. The van der Waals surface area contributed by atoms with E-state index in [0.717, 1.165) is 37.5 Å². The molecule has 0 spiro atoms. The van der Waals surface area contributed by atoms with Crippen LogP contribution in [0.15, 0.2) is 57.2 Å². The van der Waals surface area contributed by atoms with Crippen molar-refractivity contribution in [3.63, 3.8) is 0 Å². The Morgan fingerprint density at radius 1 is 1.45 bits per heavy atom. The number of nitrogens with zero attached hydrogens (tertiary/aromatic N) is 3. The van der Waals surface area contributed by atoms with Gasteiger partial charge in [0.25, 0.3) is 0 Å². The van der Waals surface area contributed by atoms with Crippen LogP contribution >= 0.6 is 11.9 Å². The van der Waals surface area contributed by atoms with E-state index in [2.05, 4.69) is 53.1 Å². The summed E-state index contributed by atoms with van der Waals surface area (Å²) in [5.41, 5.74) is 3.74. The molecule has 1 aliphatic carbocycles. The maximum atomic E-state index is 12.7. The minimum Gasteiger partial charge on any atom is -0.370 e. The lowest BCUT2D eigenvalue weighted by Crippen LogP contribution is -2.37. The molecule has 0 radical (unpaired) electrons. The van der Waals surface area contributed by atoms with Crippen LogP contribution in [0.4, 0.5) is 0 Å². The Morgan fingerprint density at radius 3 is 2.90 bits per heavy atom. The van der Waals surface area contributed by atoms with Crippen LogP contribution < -0.4 is 10.6 Å². The Hall–Kier alpha value is -2.28. The molecule has 2 heterocycles. The molecule has 0 aromatic carbocycles. The number of nitrogens with one attached hydrogen (secondary N) is 2. The van der Waals surface area contributed by atoms with Gasteiger partial charge in [-0.15, -0.1) is 0 Å². The summed E-state index contributed by atoms with van der Waals surface area (Å²) in [5.74, 6) is 2.27. The summed E-state index contributed by atoms with van der Waals surface area (Å²) in [4.78, 5) is 19.1. The molecule has 2 N–H and O–H groups in total. The second kappa shape index (κ2) is 9.90. The number of amidine groups is 1. The molecular formula is C24H35N5OS. The number of likely N-dealkylation sites (tertiary alicyclic amines) is 1. The first kappa shape index (κ1) is 23.4. The molecule has 31 heavy (non-hydrogen) atoms. The van der Waals surface area contributed by atoms with E-state index in [9.17, 15) is 4.79 Å². The SMILES string of the molecule is C=CNC1=NC=C/C1=C(/C)C[C@H]1CC2CN(C(=O)CNC(=C)SN=C(C)C)C[C@]2(C)C1. The highest BCUT2D eigenvalue weighted by molar-refractivity contribution is 8.01. The minimum absolute atomic E-state index is 0.150. The molecule has 1 saturated heterocycles. The van der Waals surface area contributed by atoms with Gasteiger partial charge in [-0.1, -0.05) is 25.7 Å². The smallest absolute Gasteiger partial charge is 0.241 e. The minimum atomic E-state index is 0.150. The van der Waals surface area contributed by atoms with Crippen LogP contribution in [0.1, 0.15) is 47.0 Å². The molecule has 0 aromatic rings.